The molecule has 4 N–H and O–H groups in total. The van der Waals surface area contributed by atoms with E-state index < -0.39 is 5.75 Å². The summed E-state index contributed by atoms with van der Waals surface area (Å²) in [7, 11) is 0. The Hall–Kier alpha value is -1.42. The van der Waals surface area contributed by atoms with E-state index in [1.807, 2.05) is 0 Å². The van der Waals surface area contributed by atoms with Crippen LogP contribution in [-0.2, 0) is 6.54 Å². The van der Waals surface area contributed by atoms with Crippen LogP contribution in [0.4, 0.5) is 0 Å². The number of benzene rings is 1. The molecular weight excluding hydrogens is 242 g/mol. The van der Waals surface area contributed by atoms with Gasteiger partial charge in [0.15, 0.2) is 11.5 Å². The van der Waals surface area contributed by atoms with Crippen LogP contribution in [0.1, 0.15) is 44.6 Å². The van der Waals surface area contributed by atoms with Crippen LogP contribution < -0.4 is 5.32 Å². The molecule has 106 valence electrons. The van der Waals surface area contributed by atoms with Crippen LogP contribution in [0.15, 0.2) is 12.1 Å². The zero-order chi connectivity index (χ0) is 13.8. The maximum absolute atomic E-state index is 9.75. The van der Waals surface area contributed by atoms with Gasteiger partial charge in [-0.05, 0) is 31.7 Å². The fourth-order valence-electron chi connectivity index (χ4n) is 2.83. The number of phenols is 3. The Labute approximate surface area is 114 Å². The van der Waals surface area contributed by atoms with Gasteiger partial charge in [-0.1, -0.05) is 25.3 Å². The van der Waals surface area contributed by atoms with Crippen LogP contribution in [0.3, 0.4) is 0 Å². The molecule has 1 aliphatic rings. The second-order valence-electron chi connectivity index (χ2n) is 5.51. The molecule has 1 aliphatic carbocycles. The molecule has 1 saturated carbocycles. The van der Waals surface area contributed by atoms with E-state index >= 15 is 0 Å². The molecule has 1 fully saturated rings. The Morgan fingerprint density at radius 1 is 1.11 bits per heavy atom. The van der Waals surface area contributed by atoms with Gasteiger partial charge in [0.05, 0.1) is 0 Å². The van der Waals surface area contributed by atoms with Crippen LogP contribution in [0.5, 0.6) is 17.2 Å². The van der Waals surface area contributed by atoms with Crippen LogP contribution in [0.2, 0.25) is 0 Å². The summed E-state index contributed by atoms with van der Waals surface area (Å²) in [6, 6.07) is 3.43. The van der Waals surface area contributed by atoms with Gasteiger partial charge in [-0.3, -0.25) is 0 Å². The standard InChI is InChI=1S/C15H23NO3/c1-10(11-5-3-2-4-6-11)16-9-12-7-8-13(17)15(19)14(12)18/h7-8,10-11,16-19H,2-6,9H2,1H3/t10-/m0/s1. The van der Waals surface area contributed by atoms with Crippen LogP contribution in [0.25, 0.3) is 0 Å². The van der Waals surface area contributed by atoms with Gasteiger partial charge in [-0.2, -0.15) is 0 Å². The molecule has 0 spiro atoms. The third-order valence-corrected chi connectivity index (χ3v) is 4.18. The first-order valence-electron chi connectivity index (χ1n) is 7.05. The maximum atomic E-state index is 9.75. The van der Waals surface area contributed by atoms with Gasteiger partial charge in [-0.15, -0.1) is 0 Å². The quantitative estimate of drug-likeness (QED) is 0.632. The second-order valence-corrected chi connectivity index (χ2v) is 5.51. The van der Waals surface area contributed by atoms with E-state index in [1.165, 1.54) is 38.2 Å². The molecule has 1 aromatic rings. The van der Waals surface area contributed by atoms with Gasteiger partial charge in [0.25, 0.3) is 0 Å². The molecule has 1 aromatic carbocycles. The number of aromatic hydroxyl groups is 3. The van der Waals surface area contributed by atoms with Gasteiger partial charge in [0.2, 0.25) is 5.75 Å². The van der Waals surface area contributed by atoms with Crippen molar-refractivity contribution in [3.05, 3.63) is 17.7 Å². The van der Waals surface area contributed by atoms with Crippen molar-refractivity contribution in [3.63, 3.8) is 0 Å². The lowest BCUT2D eigenvalue weighted by Crippen LogP contribution is -2.34. The molecule has 0 aliphatic heterocycles. The van der Waals surface area contributed by atoms with Crippen molar-refractivity contribution in [2.75, 3.05) is 0 Å². The molecule has 1 atom stereocenters. The minimum Gasteiger partial charge on any atom is -0.504 e. The molecular formula is C15H23NO3. The summed E-state index contributed by atoms with van der Waals surface area (Å²) < 4.78 is 0. The number of hydrogen-bond acceptors (Lipinski definition) is 4. The normalized spacial score (nSPS) is 18.4. The number of rotatable bonds is 4. The SMILES string of the molecule is C[C@H](NCc1ccc(O)c(O)c1O)C1CCCCC1. The zero-order valence-corrected chi connectivity index (χ0v) is 11.4. The summed E-state index contributed by atoms with van der Waals surface area (Å²) in [5, 5.41) is 31.9. The highest BCUT2D eigenvalue weighted by Crippen LogP contribution is 2.37. The van der Waals surface area contributed by atoms with Crippen molar-refractivity contribution in [3.8, 4) is 17.2 Å². The Morgan fingerprint density at radius 2 is 1.79 bits per heavy atom. The zero-order valence-electron chi connectivity index (χ0n) is 11.4. The van der Waals surface area contributed by atoms with Gasteiger partial charge in [0, 0.05) is 18.2 Å². The van der Waals surface area contributed by atoms with Crippen molar-refractivity contribution in [2.45, 2.75) is 51.6 Å². The summed E-state index contributed by atoms with van der Waals surface area (Å²) in [5.74, 6) is -0.267. The molecule has 0 unspecified atom stereocenters. The van der Waals surface area contributed by atoms with E-state index in [9.17, 15) is 15.3 Å². The molecule has 0 amide bonds. The lowest BCUT2D eigenvalue weighted by atomic mass is 9.84. The highest BCUT2D eigenvalue weighted by Gasteiger charge is 2.20. The first kappa shape index (κ1) is 14.0. The number of nitrogens with one attached hydrogen (secondary N) is 1. The van der Waals surface area contributed by atoms with E-state index in [0.717, 1.165) is 0 Å². The van der Waals surface area contributed by atoms with Crippen molar-refractivity contribution in [1.82, 2.24) is 5.32 Å². The second kappa shape index (κ2) is 6.15. The van der Waals surface area contributed by atoms with Crippen molar-refractivity contribution < 1.29 is 15.3 Å². The largest absolute Gasteiger partial charge is 0.504 e. The Morgan fingerprint density at radius 3 is 2.47 bits per heavy atom. The predicted octanol–water partition coefficient (Wildman–Crippen LogP) is 2.86. The van der Waals surface area contributed by atoms with Gasteiger partial charge in [0.1, 0.15) is 0 Å². The third kappa shape index (κ3) is 3.32. The summed E-state index contributed by atoms with van der Waals surface area (Å²) in [6.07, 6.45) is 6.49. The van der Waals surface area contributed by atoms with Crippen LogP contribution in [0, 0.1) is 5.92 Å². The maximum Gasteiger partial charge on any atom is 0.200 e. The lowest BCUT2D eigenvalue weighted by Gasteiger charge is -2.28. The molecule has 0 saturated heterocycles. The van der Waals surface area contributed by atoms with Gasteiger partial charge >= 0.3 is 0 Å². The average molecular weight is 265 g/mol. The first-order chi connectivity index (χ1) is 9.09. The van der Waals surface area contributed by atoms with Crippen molar-refractivity contribution >= 4 is 0 Å². The minimum atomic E-state index is -0.440. The van der Waals surface area contributed by atoms with Gasteiger partial charge < -0.3 is 20.6 Å². The fraction of sp³-hybridized carbons (Fsp3) is 0.600. The predicted molar refractivity (Wildman–Crippen MR) is 74.3 cm³/mol. The Balaban J connectivity index is 1.93. The summed E-state index contributed by atoms with van der Waals surface area (Å²) in [5.41, 5.74) is 0.609. The average Bonchev–Trinajstić information content (AvgIpc) is 2.45. The minimum absolute atomic E-state index is 0.233. The Bertz CT molecular complexity index is 428. The molecule has 19 heavy (non-hydrogen) atoms. The molecule has 4 heteroatoms. The van der Waals surface area contributed by atoms with E-state index in [-0.39, 0.29) is 11.5 Å². The third-order valence-electron chi connectivity index (χ3n) is 4.18. The van der Waals surface area contributed by atoms with Gasteiger partial charge in [-0.25, -0.2) is 0 Å². The fourth-order valence-corrected chi connectivity index (χ4v) is 2.83. The summed E-state index contributed by atoms with van der Waals surface area (Å²) in [4.78, 5) is 0. The van der Waals surface area contributed by atoms with Crippen molar-refractivity contribution in [1.29, 1.82) is 0 Å². The molecule has 0 bridgehead atoms. The highest BCUT2D eigenvalue weighted by atomic mass is 16.3. The topological polar surface area (TPSA) is 72.7 Å². The van der Waals surface area contributed by atoms with Crippen LogP contribution >= 0.6 is 0 Å². The molecule has 4 nitrogen and oxygen atoms in total. The number of phenolic OH excluding ortho intramolecular Hbond substituents is 3. The van der Waals surface area contributed by atoms with E-state index in [4.69, 9.17) is 0 Å². The summed E-state index contributed by atoms with van der Waals surface area (Å²) >= 11 is 0. The monoisotopic (exact) mass is 265 g/mol. The van der Waals surface area contributed by atoms with E-state index in [1.54, 1.807) is 6.07 Å². The molecule has 0 aromatic heterocycles. The van der Waals surface area contributed by atoms with E-state index in [0.29, 0.717) is 24.1 Å². The van der Waals surface area contributed by atoms with E-state index in [2.05, 4.69) is 12.2 Å². The summed E-state index contributed by atoms with van der Waals surface area (Å²) in [6.45, 7) is 2.67. The molecule has 0 heterocycles. The first-order valence-corrected chi connectivity index (χ1v) is 7.05. The lowest BCUT2D eigenvalue weighted by molar-refractivity contribution is 0.279. The number of hydrogen-bond donors (Lipinski definition) is 4. The smallest absolute Gasteiger partial charge is 0.200 e. The molecule has 2 rings (SSSR count). The highest BCUT2D eigenvalue weighted by molar-refractivity contribution is 5.52. The van der Waals surface area contributed by atoms with Crippen molar-refractivity contribution in [2.24, 2.45) is 5.92 Å². The van der Waals surface area contributed by atoms with Crippen LogP contribution in [-0.4, -0.2) is 21.4 Å². The molecule has 0 radical (unpaired) electrons. The Kier molecular flexibility index (Phi) is 4.53.